The van der Waals surface area contributed by atoms with Crippen molar-refractivity contribution in [1.82, 2.24) is 25.6 Å². The summed E-state index contributed by atoms with van der Waals surface area (Å²) in [6, 6.07) is -0.625. The number of hydrogen-bond acceptors (Lipinski definition) is 5. The smallest absolute Gasteiger partial charge is 0.339 e. The first-order valence-electron chi connectivity index (χ1n) is 14.2. The largest absolute Gasteiger partial charge is 0.392 e. The van der Waals surface area contributed by atoms with E-state index >= 15 is 13.2 Å². The van der Waals surface area contributed by atoms with E-state index in [-0.39, 0.29) is 58.4 Å². The molecule has 2 saturated carbocycles. The van der Waals surface area contributed by atoms with Crippen LogP contribution in [0.25, 0.3) is 0 Å². The molecule has 14 heteroatoms. The molecule has 3 heterocycles. The van der Waals surface area contributed by atoms with Gasteiger partial charge in [-0.2, -0.15) is 22.0 Å². The van der Waals surface area contributed by atoms with Gasteiger partial charge in [0.05, 0.1) is 19.1 Å². The van der Waals surface area contributed by atoms with Crippen molar-refractivity contribution in [2.24, 2.45) is 29.6 Å². The zero-order valence-electron chi connectivity index (χ0n) is 22.8. The maximum Gasteiger partial charge on any atom is 0.392 e. The summed E-state index contributed by atoms with van der Waals surface area (Å²) in [6.07, 6.45) is -5.59. The SMILES string of the molecule is CN1CNNC1C(F)(F)[C@](C)(F)C1CCCC(N2CC3C(CC(CN4CCC(F)(F)C4)CC3C(F)(F)F)C2=O)C1. The minimum atomic E-state index is -4.56. The van der Waals surface area contributed by atoms with Gasteiger partial charge < -0.3 is 4.90 Å². The maximum absolute atomic E-state index is 16.0. The highest BCUT2D eigenvalue weighted by molar-refractivity contribution is 5.82. The third-order valence-corrected chi connectivity index (χ3v) is 10.3. The van der Waals surface area contributed by atoms with E-state index in [1.807, 2.05) is 0 Å². The molecule has 0 bridgehead atoms. The summed E-state index contributed by atoms with van der Waals surface area (Å²) in [4.78, 5) is 17.7. The predicted molar refractivity (Wildman–Crippen MR) is 130 cm³/mol. The number of halogens is 8. The van der Waals surface area contributed by atoms with Gasteiger partial charge in [-0.05, 0) is 57.9 Å². The lowest BCUT2D eigenvalue weighted by Crippen LogP contribution is -2.62. The molecule has 0 spiro atoms. The van der Waals surface area contributed by atoms with Crippen molar-refractivity contribution >= 4 is 5.91 Å². The van der Waals surface area contributed by atoms with Gasteiger partial charge in [-0.3, -0.25) is 14.6 Å². The molecule has 0 aromatic carbocycles. The van der Waals surface area contributed by atoms with Crippen LogP contribution in [0.5, 0.6) is 0 Å². The number of rotatable bonds is 6. The number of fused-ring (bicyclic) bond motifs is 1. The van der Waals surface area contributed by atoms with Crippen LogP contribution in [-0.4, -0.2) is 96.4 Å². The number of carbonyl (C=O) groups is 1. The minimum Gasteiger partial charge on any atom is -0.339 e. The second-order valence-corrected chi connectivity index (χ2v) is 12.9. The van der Waals surface area contributed by atoms with Gasteiger partial charge >= 0.3 is 12.1 Å². The quantitative estimate of drug-likeness (QED) is 0.455. The predicted octanol–water partition coefficient (Wildman–Crippen LogP) is 4.24. The van der Waals surface area contributed by atoms with E-state index in [1.165, 1.54) is 21.7 Å². The van der Waals surface area contributed by atoms with Crippen LogP contribution < -0.4 is 10.9 Å². The zero-order chi connectivity index (χ0) is 29.3. The number of likely N-dealkylation sites (tertiary alicyclic amines) is 2. The van der Waals surface area contributed by atoms with E-state index in [4.69, 9.17) is 0 Å². The van der Waals surface area contributed by atoms with E-state index in [0.29, 0.717) is 12.8 Å². The average molecular weight is 590 g/mol. The van der Waals surface area contributed by atoms with Gasteiger partial charge in [0.15, 0.2) is 5.67 Å². The van der Waals surface area contributed by atoms with Crippen LogP contribution in [0.2, 0.25) is 0 Å². The van der Waals surface area contributed by atoms with Crippen LogP contribution in [0.15, 0.2) is 0 Å². The molecule has 6 nitrogen and oxygen atoms in total. The molecule has 3 aliphatic heterocycles. The monoisotopic (exact) mass is 589 g/mol. The summed E-state index contributed by atoms with van der Waals surface area (Å²) in [6.45, 7) is 0.537. The molecule has 1 amide bonds. The molecule has 230 valence electrons. The van der Waals surface area contributed by atoms with E-state index in [0.717, 1.165) is 6.92 Å². The molecule has 5 aliphatic rings. The second-order valence-electron chi connectivity index (χ2n) is 12.9. The number of amides is 1. The standard InChI is InChI=1S/C26H39F8N5O/c1-23(27,25(30,31)22-36-35-14-37(22)2)16-4-3-5-17(10-16)39-12-19-18(21(39)40)8-15(9-20(19)26(32,33)34)11-38-7-6-24(28,29)13-38/h15-20,22,35-36H,3-14H2,1-2H3/t15?,16?,17?,18?,19?,20?,22?,23-/m1/s1. The Labute approximate surface area is 229 Å². The third kappa shape index (κ3) is 5.46. The summed E-state index contributed by atoms with van der Waals surface area (Å²) in [5.41, 5.74) is 2.08. The normalized spacial score (nSPS) is 39.5. The Kier molecular flexibility index (Phi) is 7.92. The van der Waals surface area contributed by atoms with Gasteiger partial charge in [0.1, 0.15) is 6.17 Å². The van der Waals surface area contributed by atoms with Gasteiger partial charge in [-0.15, -0.1) is 0 Å². The molecule has 0 aromatic rings. The van der Waals surface area contributed by atoms with E-state index in [1.54, 1.807) is 0 Å². The van der Waals surface area contributed by atoms with Gasteiger partial charge in [0.2, 0.25) is 5.91 Å². The molecule has 8 atom stereocenters. The van der Waals surface area contributed by atoms with Crippen molar-refractivity contribution in [2.45, 2.75) is 87.8 Å². The van der Waals surface area contributed by atoms with Gasteiger partial charge in [-0.1, -0.05) is 6.42 Å². The van der Waals surface area contributed by atoms with Crippen LogP contribution in [0, 0.1) is 29.6 Å². The number of nitrogens with one attached hydrogen (secondary N) is 2. The molecule has 3 saturated heterocycles. The molecule has 2 aliphatic carbocycles. The summed E-state index contributed by atoms with van der Waals surface area (Å²) in [7, 11) is 1.44. The average Bonchev–Trinajstić information content (AvgIpc) is 3.55. The fraction of sp³-hybridized carbons (Fsp3) is 0.962. The lowest BCUT2D eigenvalue weighted by molar-refractivity contribution is -0.204. The first-order chi connectivity index (χ1) is 18.5. The first kappa shape index (κ1) is 30.2. The number of nitrogens with zero attached hydrogens (tertiary/aromatic N) is 3. The molecule has 0 radical (unpaired) electrons. The van der Waals surface area contributed by atoms with Gasteiger partial charge in [0.25, 0.3) is 5.92 Å². The van der Waals surface area contributed by atoms with Gasteiger partial charge in [0, 0.05) is 43.9 Å². The Morgan fingerprint density at radius 2 is 1.77 bits per heavy atom. The second kappa shape index (κ2) is 10.5. The highest BCUT2D eigenvalue weighted by Crippen LogP contribution is 2.53. The Morgan fingerprint density at radius 1 is 1.05 bits per heavy atom. The summed E-state index contributed by atoms with van der Waals surface area (Å²) in [5, 5.41) is 0. The topological polar surface area (TPSA) is 50.9 Å². The Hall–Kier alpha value is -1.25. The summed E-state index contributed by atoms with van der Waals surface area (Å²) >= 11 is 0. The lowest BCUT2D eigenvalue weighted by Gasteiger charge is -2.45. The van der Waals surface area contributed by atoms with Gasteiger partial charge in [-0.25, -0.2) is 24.0 Å². The molecular weight excluding hydrogens is 550 g/mol. The van der Waals surface area contributed by atoms with Crippen LogP contribution in [0.4, 0.5) is 35.1 Å². The molecular formula is C26H39F8N5O. The molecule has 5 fully saturated rings. The van der Waals surface area contributed by atoms with Crippen molar-refractivity contribution in [3.63, 3.8) is 0 Å². The number of carbonyl (C=O) groups excluding carboxylic acids is 1. The Bertz CT molecular complexity index is 949. The zero-order valence-corrected chi connectivity index (χ0v) is 22.8. The molecule has 5 rings (SSSR count). The van der Waals surface area contributed by atoms with Crippen molar-refractivity contribution in [1.29, 1.82) is 0 Å². The fourth-order valence-electron chi connectivity index (χ4n) is 8.01. The first-order valence-corrected chi connectivity index (χ1v) is 14.2. The Balaban J connectivity index is 1.30. The third-order valence-electron chi connectivity index (χ3n) is 10.3. The van der Waals surface area contributed by atoms with E-state index < -0.39 is 77.9 Å². The van der Waals surface area contributed by atoms with E-state index in [9.17, 15) is 26.7 Å². The highest BCUT2D eigenvalue weighted by atomic mass is 19.4. The summed E-state index contributed by atoms with van der Waals surface area (Å²) < 4.78 is 117. The van der Waals surface area contributed by atoms with Crippen LogP contribution in [0.3, 0.4) is 0 Å². The van der Waals surface area contributed by atoms with Crippen molar-refractivity contribution < 1.29 is 39.9 Å². The van der Waals surface area contributed by atoms with Crippen LogP contribution in [-0.2, 0) is 4.79 Å². The molecule has 7 unspecified atom stereocenters. The van der Waals surface area contributed by atoms with E-state index in [2.05, 4.69) is 10.9 Å². The molecule has 0 aromatic heterocycles. The number of hydrazine groups is 1. The fourth-order valence-corrected chi connectivity index (χ4v) is 8.01. The minimum absolute atomic E-state index is 0.0550. The maximum atomic E-state index is 16.0. The highest BCUT2D eigenvalue weighted by Gasteiger charge is 2.63. The Morgan fingerprint density at radius 3 is 2.38 bits per heavy atom. The van der Waals surface area contributed by atoms with Crippen LogP contribution >= 0.6 is 0 Å². The number of hydrogen-bond donors (Lipinski definition) is 2. The van der Waals surface area contributed by atoms with Crippen molar-refractivity contribution in [2.75, 3.05) is 39.9 Å². The molecule has 40 heavy (non-hydrogen) atoms. The molecule has 2 N–H and O–H groups in total. The lowest BCUT2D eigenvalue weighted by atomic mass is 9.68. The van der Waals surface area contributed by atoms with Crippen LogP contribution in [0.1, 0.15) is 51.9 Å². The van der Waals surface area contributed by atoms with Crippen molar-refractivity contribution in [3.05, 3.63) is 0 Å². The van der Waals surface area contributed by atoms with Crippen molar-refractivity contribution in [3.8, 4) is 0 Å². The number of alkyl halides is 8. The summed E-state index contributed by atoms with van der Waals surface area (Å²) in [5.74, 6) is -12.4.